The molecule has 158 valence electrons. The van der Waals surface area contributed by atoms with Crippen LogP contribution in [0.4, 0.5) is 5.69 Å². The third-order valence-electron chi connectivity index (χ3n) is 5.25. The predicted octanol–water partition coefficient (Wildman–Crippen LogP) is 4.92. The summed E-state index contributed by atoms with van der Waals surface area (Å²) in [4.78, 5) is 26.5. The van der Waals surface area contributed by atoms with Crippen molar-refractivity contribution < 1.29 is 19.4 Å². The molecular formula is C24H27NO5. The molecule has 1 amide bonds. The molecule has 30 heavy (non-hydrogen) atoms. The molecule has 0 saturated carbocycles. The van der Waals surface area contributed by atoms with Crippen LogP contribution < -0.4 is 10.7 Å². The van der Waals surface area contributed by atoms with Gasteiger partial charge in [-0.15, -0.1) is 0 Å². The second-order valence-electron chi connectivity index (χ2n) is 7.28. The molecule has 0 bridgehead atoms. The first-order chi connectivity index (χ1) is 14.4. The molecule has 0 radical (unpaired) electrons. The Balaban J connectivity index is 2.18. The van der Waals surface area contributed by atoms with Gasteiger partial charge in [-0.2, -0.15) is 0 Å². The summed E-state index contributed by atoms with van der Waals surface area (Å²) in [5.74, 6) is -0.937. The second kappa shape index (κ2) is 9.03. The number of para-hydroxylation sites is 1. The molecule has 1 aromatic heterocycles. The van der Waals surface area contributed by atoms with Gasteiger partial charge in [0.25, 0.3) is 5.91 Å². The Labute approximate surface area is 175 Å². The van der Waals surface area contributed by atoms with E-state index in [1.807, 2.05) is 39.0 Å². The zero-order valence-electron chi connectivity index (χ0n) is 17.5. The van der Waals surface area contributed by atoms with E-state index in [-0.39, 0.29) is 28.0 Å². The van der Waals surface area contributed by atoms with Gasteiger partial charge in [-0.05, 0) is 30.4 Å². The highest BCUT2D eigenvalue weighted by atomic mass is 16.3. The highest BCUT2D eigenvalue weighted by Gasteiger charge is 2.24. The highest BCUT2D eigenvalue weighted by Crippen LogP contribution is 2.30. The summed E-state index contributed by atoms with van der Waals surface area (Å²) in [6.07, 6.45) is 3.45. The molecule has 3 N–H and O–H groups in total. The number of hydrogen-bond acceptors (Lipinski definition) is 5. The number of aryl methyl sites for hydroxylation is 3. The van der Waals surface area contributed by atoms with E-state index in [2.05, 4.69) is 5.32 Å². The van der Waals surface area contributed by atoms with Crippen LogP contribution in [0.25, 0.3) is 11.0 Å². The number of fused-ring (bicyclic) bond motifs is 1. The highest BCUT2D eigenvalue weighted by molar-refractivity contribution is 6.07. The largest absolute Gasteiger partial charge is 0.508 e. The van der Waals surface area contributed by atoms with Crippen LogP contribution in [-0.2, 0) is 19.3 Å². The lowest BCUT2D eigenvalue weighted by molar-refractivity contribution is 0.102. The molecule has 1 heterocycles. The van der Waals surface area contributed by atoms with E-state index in [1.165, 1.54) is 6.07 Å². The maximum atomic E-state index is 13.3. The van der Waals surface area contributed by atoms with Gasteiger partial charge in [-0.1, -0.05) is 45.4 Å². The van der Waals surface area contributed by atoms with Gasteiger partial charge in [-0.25, -0.2) is 0 Å². The topological polar surface area (TPSA) is 99.8 Å². The zero-order valence-corrected chi connectivity index (χ0v) is 17.5. The summed E-state index contributed by atoms with van der Waals surface area (Å²) >= 11 is 0. The van der Waals surface area contributed by atoms with E-state index in [0.29, 0.717) is 12.1 Å². The summed E-state index contributed by atoms with van der Waals surface area (Å²) in [5.41, 5.74) is 2.02. The summed E-state index contributed by atoms with van der Waals surface area (Å²) in [6, 6.07) is 8.19. The molecule has 0 atom stereocenters. The van der Waals surface area contributed by atoms with Crippen molar-refractivity contribution in [3.63, 3.8) is 0 Å². The van der Waals surface area contributed by atoms with Gasteiger partial charge in [0.1, 0.15) is 33.8 Å². The van der Waals surface area contributed by atoms with E-state index in [9.17, 15) is 19.8 Å². The molecule has 6 heteroatoms. The van der Waals surface area contributed by atoms with Gasteiger partial charge in [0.2, 0.25) is 5.43 Å². The lowest BCUT2D eigenvalue weighted by Gasteiger charge is -2.16. The predicted molar refractivity (Wildman–Crippen MR) is 118 cm³/mol. The standard InChI is InChI=1S/C24H27NO5/c1-4-7-11-18-21(23(28)20-17(27)12-16(26)13-19(20)30-18)24(29)25-22-14(5-2)9-8-10-15(22)6-3/h8-10,12-13,26-27H,4-7,11H2,1-3H3,(H,25,29). The molecule has 0 spiro atoms. The van der Waals surface area contributed by atoms with Gasteiger partial charge in [0.15, 0.2) is 0 Å². The molecule has 2 aromatic carbocycles. The van der Waals surface area contributed by atoms with Crippen LogP contribution in [0.2, 0.25) is 0 Å². The average Bonchev–Trinajstić information content (AvgIpc) is 2.71. The van der Waals surface area contributed by atoms with Crippen LogP contribution in [0.1, 0.15) is 60.9 Å². The first kappa shape index (κ1) is 21.4. The minimum Gasteiger partial charge on any atom is -0.508 e. The Morgan fingerprint density at radius 3 is 2.33 bits per heavy atom. The Morgan fingerprint density at radius 1 is 1.07 bits per heavy atom. The summed E-state index contributed by atoms with van der Waals surface area (Å²) in [7, 11) is 0. The number of carbonyl (C=O) groups excluding carboxylic acids is 1. The first-order valence-corrected chi connectivity index (χ1v) is 10.3. The number of unbranched alkanes of at least 4 members (excludes halogenated alkanes) is 1. The third kappa shape index (κ3) is 4.03. The van der Waals surface area contributed by atoms with E-state index < -0.39 is 17.1 Å². The van der Waals surface area contributed by atoms with E-state index in [4.69, 9.17) is 4.42 Å². The summed E-state index contributed by atoms with van der Waals surface area (Å²) in [6.45, 7) is 6.01. The SMILES string of the molecule is CCCCc1oc2cc(O)cc(O)c2c(=O)c1C(=O)Nc1c(CC)cccc1CC. The molecule has 3 aromatic rings. The molecule has 3 rings (SSSR count). The smallest absolute Gasteiger partial charge is 0.263 e. The first-order valence-electron chi connectivity index (χ1n) is 10.3. The van der Waals surface area contributed by atoms with Crippen LogP contribution in [-0.4, -0.2) is 16.1 Å². The number of phenols is 2. The summed E-state index contributed by atoms with van der Waals surface area (Å²) in [5, 5.41) is 22.8. The van der Waals surface area contributed by atoms with Crippen molar-refractivity contribution in [1.29, 1.82) is 0 Å². The van der Waals surface area contributed by atoms with E-state index in [0.717, 1.165) is 42.9 Å². The number of hydrogen-bond donors (Lipinski definition) is 3. The van der Waals surface area contributed by atoms with Crippen LogP contribution in [0.5, 0.6) is 11.5 Å². The number of rotatable bonds is 7. The molecule has 0 fully saturated rings. The van der Waals surface area contributed by atoms with Crippen molar-refractivity contribution in [3.05, 3.63) is 63.0 Å². The Hall–Kier alpha value is -3.28. The summed E-state index contributed by atoms with van der Waals surface area (Å²) < 4.78 is 5.83. The number of benzene rings is 2. The Bertz CT molecular complexity index is 1120. The molecule has 0 unspecified atom stereocenters. The second-order valence-corrected chi connectivity index (χ2v) is 7.28. The van der Waals surface area contributed by atoms with E-state index in [1.54, 1.807) is 0 Å². The molecular weight excluding hydrogens is 382 g/mol. The van der Waals surface area contributed by atoms with Gasteiger partial charge >= 0.3 is 0 Å². The van der Waals surface area contributed by atoms with Crippen LogP contribution >= 0.6 is 0 Å². The number of carbonyl (C=O) groups is 1. The van der Waals surface area contributed by atoms with Crippen LogP contribution in [0.3, 0.4) is 0 Å². The Kier molecular flexibility index (Phi) is 6.45. The number of anilines is 1. The minimum atomic E-state index is -0.607. The fourth-order valence-corrected chi connectivity index (χ4v) is 3.65. The average molecular weight is 409 g/mol. The van der Waals surface area contributed by atoms with Gasteiger partial charge < -0.3 is 19.9 Å². The zero-order chi connectivity index (χ0) is 21.8. The lowest BCUT2D eigenvalue weighted by Crippen LogP contribution is -2.25. The minimum absolute atomic E-state index is 0.0587. The van der Waals surface area contributed by atoms with Crippen molar-refractivity contribution in [1.82, 2.24) is 0 Å². The fraction of sp³-hybridized carbons (Fsp3) is 0.333. The number of nitrogens with one attached hydrogen (secondary N) is 1. The molecule has 0 aliphatic rings. The van der Waals surface area contributed by atoms with Crippen molar-refractivity contribution in [2.24, 2.45) is 0 Å². The van der Waals surface area contributed by atoms with Crippen LogP contribution in [0.15, 0.2) is 39.5 Å². The van der Waals surface area contributed by atoms with Gasteiger partial charge in [0.05, 0.1) is 0 Å². The van der Waals surface area contributed by atoms with Crippen molar-refractivity contribution in [2.75, 3.05) is 5.32 Å². The molecule has 0 aliphatic heterocycles. The quantitative estimate of drug-likeness (QED) is 0.514. The maximum Gasteiger partial charge on any atom is 0.263 e. The van der Waals surface area contributed by atoms with Crippen molar-refractivity contribution in [2.45, 2.75) is 52.9 Å². The van der Waals surface area contributed by atoms with Crippen molar-refractivity contribution >= 4 is 22.6 Å². The Morgan fingerprint density at radius 2 is 1.73 bits per heavy atom. The monoisotopic (exact) mass is 409 g/mol. The molecule has 6 nitrogen and oxygen atoms in total. The molecule has 0 aliphatic carbocycles. The van der Waals surface area contributed by atoms with Crippen molar-refractivity contribution in [3.8, 4) is 11.5 Å². The van der Waals surface area contributed by atoms with Gasteiger partial charge in [-0.3, -0.25) is 9.59 Å². The molecule has 0 saturated heterocycles. The number of phenolic OH excluding ortho intramolecular Hbond substituents is 2. The fourth-order valence-electron chi connectivity index (χ4n) is 3.65. The normalized spacial score (nSPS) is 11.0. The third-order valence-corrected chi connectivity index (χ3v) is 5.25. The van der Waals surface area contributed by atoms with Crippen LogP contribution in [0, 0.1) is 0 Å². The lowest BCUT2D eigenvalue weighted by atomic mass is 10.0. The number of aromatic hydroxyl groups is 2. The number of amides is 1. The van der Waals surface area contributed by atoms with Gasteiger partial charge in [0, 0.05) is 24.2 Å². The van der Waals surface area contributed by atoms with E-state index >= 15 is 0 Å². The maximum absolute atomic E-state index is 13.3.